The van der Waals surface area contributed by atoms with Gasteiger partial charge < -0.3 is 14.6 Å². The standard InChI is InChI=1S/C25H27N3O5S/c29-24(23-12-7-17-33-23)26-22(18-19-8-3-1-4-9-19)25(30)28-15-13-20(14-16-28)27-34(31,32)21-10-5-2-6-11-21/h1-12,17,20,22,27H,13-16,18H2,(H,26,29). The fourth-order valence-electron chi connectivity index (χ4n) is 4.01. The molecule has 0 radical (unpaired) electrons. The highest BCUT2D eigenvalue weighted by Crippen LogP contribution is 2.17. The number of likely N-dealkylation sites (tertiary alicyclic amines) is 1. The van der Waals surface area contributed by atoms with E-state index in [-0.39, 0.29) is 22.6 Å². The molecule has 1 atom stereocenters. The van der Waals surface area contributed by atoms with E-state index in [0.717, 1.165) is 5.56 Å². The summed E-state index contributed by atoms with van der Waals surface area (Å²) in [5.74, 6) is -0.516. The molecule has 34 heavy (non-hydrogen) atoms. The molecule has 9 heteroatoms. The molecular formula is C25H27N3O5S. The van der Waals surface area contributed by atoms with Crippen molar-refractivity contribution in [1.82, 2.24) is 14.9 Å². The molecule has 2 heterocycles. The third-order valence-electron chi connectivity index (χ3n) is 5.81. The van der Waals surface area contributed by atoms with Gasteiger partial charge >= 0.3 is 0 Å². The van der Waals surface area contributed by atoms with Gasteiger partial charge in [0.2, 0.25) is 15.9 Å². The third-order valence-corrected chi connectivity index (χ3v) is 7.35. The Morgan fingerprint density at radius 1 is 0.941 bits per heavy atom. The van der Waals surface area contributed by atoms with Crippen LogP contribution in [0.25, 0.3) is 0 Å². The van der Waals surface area contributed by atoms with Gasteiger partial charge in [0.1, 0.15) is 6.04 Å². The largest absolute Gasteiger partial charge is 0.459 e. The molecular weight excluding hydrogens is 454 g/mol. The van der Waals surface area contributed by atoms with Crippen LogP contribution in [-0.2, 0) is 21.2 Å². The van der Waals surface area contributed by atoms with Gasteiger partial charge in [0, 0.05) is 25.6 Å². The van der Waals surface area contributed by atoms with Crippen molar-refractivity contribution in [3.05, 3.63) is 90.4 Å². The molecule has 2 aromatic carbocycles. The van der Waals surface area contributed by atoms with Gasteiger partial charge in [-0.3, -0.25) is 9.59 Å². The van der Waals surface area contributed by atoms with Gasteiger partial charge in [-0.05, 0) is 42.7 Å². The van der Waals surface area contributed by atoms with E-state index in [4.69, 9.17) is 4.42 Å². The number of amides is 2. The summed E-state index contributed by atoms with van der Waals surface area (Å²) in [5, 5.41) is 2.80. The van der Waals surface area contributed by atoms with Gasteiger partial charge in [0.15, 0.2) is 5.76 Å². The highest BCUT2D eigenvalue weighted by molar-refractivity contribution is 7.89. The number of sulfonamides is 1. The lowest BCUT2D eigenvalue weighted by atomic mass is 10.0. The summed E-state index contributed by atoms with van der Waals surface area (Å²) in [6, 6.07) is 19.8. The van der Waals surface area contributed by atoms with E-state index in [1.54, 1.807) is 47.4 Å². The predicted molar refractivity (Wildman–Crippen MR) is 126 cm³/mol. The average Bonchev–Trinajstić information content (AvgIpc) is 3.40. The fraction of sp³-hybridized carbons (Fsp3) is 0.280. The summed E-state index contributed by atoms with van der Waals surface area (Å²) in [7, 11) is -3.62. The predicted octanol–water partition coefficient (Wildman–Crippen LogP) is 2.59. The Hall–Kier alpha value is -3.43. The van der Waals surface area contributed by atoms with E-state index in [1.807, 2.05) is 30.3 Å². The van der Waals surface area contributed by atoms with Gasteiger partial charge in [-0.1, -0.05) is 48.5 Å². The number of rotatable bonds is 8. The number of carbonyl (C=O) groups excluding carboxylic acids is 2. The minimum absolute atomic E-state index is 0.139. The second kappa shape index (κ2) is 10.7. The molecule has 2 N–H and O–H groups in total. The first kappa shape index (κ1) is 23.7. The number of piperidine rings is 1. The average molecular weight is 482 g/mol. The topological polar surface area (TPSA) is 109 Å². The molecule has 0 bridgehead atoms. The number of hydrogen-bond donors (Lipinski definition) is 2. The van der Waals surface area contributed by atoms with Gasteiger partial charge in [0.05, 0.1) is 11.2 Å². The van der Waals surface area contributed by atoms with Crippen LogP contribution in [-0.4, -0.2) is 50.3 Å². The molecule has 4 rings (SSSR count). The lowest BCUT2D eigenvalue weighted by Crippen LogP contribution is -2.53. The molecule has 178 valence electrons. The number of carbonyl (C=O) groups is 2. The van der Waals surface area contributed by atoms with E-state index < -0.39 is 22.0 Å². The van der Waals surface area contributed by atoms with Crippen molar-refractivity contribution < 1.29 is 22.4 Å². The SMILES string of the molecule is O=C(NC(Cc1ccccc1)C(=O)N1CCC(NS(=O)(=O)c2ccccc2)CC1)c1ccco1. The van der Waals surface area contributed by atoms with E-state index in [1.165, 1.54) is 6.26 Å². The normalized spacial score (nSPS) is 15.6. The summed E-state index contributed by atoms with van der Waals surface area (Å²) in [6.07, 6.45) is 2.72. The van der Waals surface area contributed by atoms with Crippen molar-refractivity contribution in [3.8, 4) is 0 Å². The third kappa shape index (κ3) is 5.92. The van der Waals surface area contributed by atoms with E-state index in [0.29, 0.717) is 32.4 Å². The Kier molecular flexibility index (Phi) is 7.44. The van der Waals surface area contributed by atoms with Crippen molar-refractivity contribution >= 4 is 21.8 Å². The molecule has 8 nitrogen and oxygen atoms in total. The lowest BCUT2D eigenvalue weighted by molar-refractivity contribution is -0.134. The first-order valence-corrected chi connectivity index (χ1v) is 12.6. The van der Waals surface area contributed by atoms with Gasteiger partial charge in [0.25, 0.3) is 5.91 Å². The van der Waals surface area contributed by atoms with Gasteiger partial charge in [-0.15, -0.1) is 0 Å². The minimum Gasteiger partial charge on any atom is -0.459 e. The van der Waals surface area contributed by atoms with E-state index in [9.17, 15) is 18.0 Å². The number of furan rings is 1. The van der Waals surface area contributed by atoms with E-state index >= 15 is 0 Å². The molecule has 0 saturated carbocycles. The van der Waals surface area contributed by atoms with Crippen molar-refractivity contribution in [2.24, 2.45) is 0 Å². The molecule has 1 unspecified atom stereocenters. The van der Waals surface area contributed by atoms with Crippen LogP contribution < -0.4 is 10.0 Å². The molecule has 0 spiro atoms. The lowest BCUT2D eigenvalue weighted by Gasteiger charge is -2.34. The maximum absolute atomic E-state index is 13.4. The monoisotopic (exact) mass is 481 g/mol. The second-order valence-corrected chi connectivity index (χ2v) is 9.94. The Labute approximate surface area is 199 Å². The molecule has 0 aliphatic carbocycles. The fourth-order valence-corrected chi connectivity index (χ4v) is 5.34. The van der Waals surface area contributed by atoms with Crippen molar-refractivity contribution in [1.29, 1.82) is 0 Å². The molecule has 1 fully saturated rings. The Bertz CT molecular complexity index is 1190. The molecule has 1 aliphatic rings. The summed E-state index contributed by atoms with van der Waals surface area (Å²) >= 11 is 0. The maximum atomic E-state index is 13.4. The highest BCUT2D eigenvalue weighted by Gasteiger charge is 2.31. The Balaban J connectivity index is 1.40. The van der Waals surface area contributed by atoms with Crippen LogP contribution >= 0.6 is 0 Å². The Morgan fingerprint density at radius 3 is 2.21 bits per heavy atom. The van der Waals surface area contributed by atoms with Crippen molar-refractivity contribution in [3.63, 3.8) is 0 Å². The molecule has 2 amide bonds. The number of hydrogen-bond acceptors (Lipinski definition) is 5. The van der Waals surface area contributed by atoms with Crippen molar-refractivity contribution in [2.45, 2.75) is 36.2 Å². The zero-order valence-corrected chi connectivity index (χ0v) is 19.4. The van der Waals surface area contributed by atoms with Crippen LogP contribution in [0.2, 0.25) is 0 Å². The van der Waals surface area contributed by atoms with Crippen molar-refractivity contribution in [2.75, 3.05) is 13.1 Å². The van der Waals surface area contributed by atoms with Crippen LogP contribution in [0.5, 0.6) is 0 Å². The van der Waals surface area contributed by atoms with E-state index in [2.05, 4.69) is 10.0 Å². The zero-order chi connectivity index (χ0) is 24.0. The highest BCUT2D eigenvalue weighted by atomic mass is 32.2. The zero-order valence-electron chi connectivity index (χ0n) is 18.6. The number of nitrogens with one attached hydrogen (secondary N) is 2. The Morgan fingerprint density at radius 2 is 1.59 bits per heavy atom. The summed E-state index contributed by atoms with van der Waals surface area (Å²) in [4.78, 5) is 27.9. The smallest absolute Gasteiger partial charge is 0.287 e. The van der Waals surface area contributed by atoms with Crippen LogP contribution in [0, 0.1) is 0 Å². The van der Waals surface area contributed by atoms with Crippen LogP contribution in [0.4, 0.5) is 0 Å². The quantitative estimate of drug-likeness (QED) is 0.514. The summed E-state index contributed by atoms with van der Waals surface area (Å²) < 4.78 is 33.1. The molecule has 1 aromatic heterocycles. The van der Waals surface area contributed by atoms with Gasteiger partial charge in [-0.2, -0.15) is 0 Å². The second-order valence-electron chi connectivity index (χ2n) is 8.23. The molecule has 3 aromatic rings. The van der Waals surface area contributed by atoms with Crippen LogP contribution in [0.3, 0.4) is 0 Å². The summed E-state index contributed by atoms with van der Waals surface area (Å²) in [6.45, 7) is 0.783. The van der Waals surface area contributed by atoms with Gasteiger partial charge in [-0.25, -0.2) is 13.1 Å². The molecule has 1 saturated heterocycles. The summed E-state index contributed by atoms with van der Waals surface area (Å²) in [5.41, 5.74) is 0.922. The number of benzene rings is 2. The van der Waals surface area contributed by atoms with Crippen LogP contribution in [0.1, 0.15) is 29.0 Å². The maximum Gasteiger partial charge on any atom is 0.287 e. The number of nitrogens with zero attached hydrogens (tertiary/aromatic N) is 1. The van der Waals surface area contributed by atoms with Crippen LogP contribution in [0.15, 0.2) is 88.4 Å². The first-order valence-electron chi connectivity index (χ1n) is 11.2. The minimum atomic E-state index is -3.62. The molecule has 1 aliphatic heterocycles. The first-order chi connectivity index (χ1) is 16.4.